The highest BCUT2D eigenvalue weighted by molar-refractivity contribution is 9.10. The van der Waals surface area contributed by atoms with Crippen molar-refractivity contribution in [3.05, 3.63) is 47.3 Å². The van der Waals surface area contributed by atoms with Crippen LogP contribution in [0.3, 0.4) is 0 Å². The highest BCUT2D eigenvalue weighted by Crippen LogP contribution is 2.22. The van der Waals surface area contributed by atoms with Crippen molar-refractivity contribution in [1.82, 2.24) is 14.4 Å². The van der Waals surface area contributed by atoms with Crippen LogP contribution in [-0.2, 0) is 0 Å². The van der Waals surface area contributed by atoms with E-state index in [1.165, 1.54) is 0 Å². The second-order valence-corrected chi connectivity index (χ2v) is 4.62. The quantitative estimate of drug-likeness (QED) is 0.683. The van der Waals surface area contributed by atoms with Gasteiger partial charge < -0.3 is 4.74 Å². The van der Waals surface area contributed by atoms with E-state index in [0.717, 1.165) is 21.6 Å². The molecule has 0 aliphatic heterocycles. The molecule has 0 atom stereocenters. The van der Waals surface area contributed by atoms with Crippen molar-refractivity contribution < 1.29 is 4.74 Å². The number of methoxy groups -OCH3 is 1. The van der Waals surface area contributed by atoms with Gasteiger partial charge in [-0.25, -0.2) is 9.97 Å². The smallest absolute Gasteiger partial charge is 0.235 e. The molecule has 0 amide bonds. The van der Waals surface area contributed by atoms with Crippen molar-refractivity contribution in [3.8, 4) is 17.0 Å². The number of rotatable bonds is 2. The lowest BCUT2D eigenvalue weighted by atomic mass is 10.2. The number of benzene rings is 1. The van der Waals surface area contributed by atoms with Gasteiger partial charge in [0.25, 0.3) is 0 Å². The van der Waals surface area contributed by atoms with E-state index in [1.807, 2.05) is 47.1 Å². The number of hydrogen-bond donors (Lipinski definition) is 0. The average Bonchev–Trinajstić information content (AvgIpc) is 2.81. The lowest BCUT2D eigenvalue weighted by Crippen LogP contribution is -1.85. The van der Waals surface area contributed by atoms with Crippen LogP contribution in [-0.4, -0.2) is 21.5 Å². The Labute approximate surface area is 112 Å². The fraction of sp³-hybridized carbons (Fsp3) is 0.0769. The molecule has 0 saturated heterocycles. The van der Waals surface area contributed by atoms with Crippen LogP contribution in [0.2, 0.25) is 0 Å². The molecule has 0 unspecified atom stereocenters. The molecule has 90 valence electrons. The van der Waals surface area contributed by atoms with E-state index >= 15 is 0 Å². The zero-order chi connectivity index (χ0) is 12.5. The molecule has 3 rings (SSSR count). The molecule has 1 aromatic carbocycles. The first-order valence-electron chi connectivity index (χ1n) is 5.42. The summed E-state index contributed by atoms with van der Waals surface area (Å²) in [5, 5.41) is 0. The minimum atomic E-state index is 0.676. The van der Waals surface area contributed by atoms with E-state index in [-0.39, 0.29) is 0 Å². The molecule has 0 fully saturated rings. The maximum Gasteiger partial charge on any atom is 0.235 e. The van der Waals surface area contributed by atoms with Crippen LogP contribution in [0.4, 0.5) is 0 Å². The maximum absolute atomic E-state index is 5.14. The van der Waals surface area contributed by atoms with Gasteiger partial charge in [0, 0.05) is 18.0 Å². The normalized spacial score (nSPS) is 10.8. The third kappa shape index (κ3) is 1.97. The predicted octanol–water partition coefficient (Wildman–Crippen LogP) is 3.17. The number of ether oxygens (including phenoxy) is 1. The maximum atomic E-state index is 5.14. The monoisotopic (exact) mass is 303 g/mol. The second-order valence-electron chi connectivity index (χ2n) is 3.81. The number of aromatic nitrogens is 3. The SMILES string of the molecule is COc1ccc(-c2cn3ccc(Br)nc3n2)cc1. The van der Waals surface area contributed by atoms with Gasteiger partial charge in [0.15, 0.2) is 0 Å². The van der Waals surface area contributed by atoms with E-state index in [1.54, 1.807) is 7.11 Å². The highest BCUT2D eigenvalue weighted by atomic mass is 79.9. The van der Waals surface area contributed by atoms with Gasteiger partial charge >= 0.3 is 0 Å². The molecule has 0 radical (unpaired) electrons. The third-order valence-electron chi connectivity index (χ3n) is 2.68. The van der Waals surface area contributed by atoms with Gasteiger partial charge in [0.2, 0.25) is 5.78 Å². The zero-order valence-electron chi connectivity index (χ0n) is 9.67. The minimum absolute atomic E-state index is 0.676. The number of nitrogens with zero attached hydrogens (tertiary/aromatic N) is 3. The molecule has 2 heterocycles. The lowest BCUT2D eigenvalue weighted by molar-refractivity contribution is 0.415. The van der Waals surface area contributed by atoms with Gasteiger partial charge in [-0.1, -0.05) is 0 Å². The van der Waals surface area contributed by atoms with E-state index < -0.39 is 0 Å². The Morgan fingerprint density at radius 1 is 1.11 bits per heavy atom. The topological polar surface area (TPSA) is 39.4 Å². The van der Waals surface area contributed by atoms with E-state index in [9.17, 15) is 0 Å². The molecule has 18 heavy (non-hydrogen) atoms. The fourth-order valence-corrected chi connectivity index (χ4v) is 2.03. The van der Waals surface area contributed by atoms with Crippen molar-refractivity contribution >= 4 is 21.7 Å². The van der Waals surface area contributed by atoms with Crippen LogP contribution < -0.4 is 4.74 Å². The second kappa shape index (κ2) is 4.42. The van der Waals surface area contributed by atoms with Crippen LogP contribution in [0.5, 0.6) is 5.75 Å². The van der Waals surface area contributed by atoms with Crippen molar-refractivity contribution in [1.29, 1.82) is 0 Å². The summed E-state index contributed by atoms with van der Waals surface area (Å²) in [6.45, 7) is 0. The first kappa shape index (κ1) is 11.2. The Morgan fingerprint density at radius 3 is 2.61 bits per heavy atom. The first-order valence-corrected chi connectivity index (χ1v) is 6.21. The van der Waals surface area contributed by atoms with Gasteiger partial charge in [-0.3, -0.25) is 4.40 Å². The number of hydrogen-bond acceptors (Lipinski definition) is 3. The summed E-state index contributed by atoms with van der Waals surface area (Å²) in [5.74, 6) is 1.51. The summed E-state index contributed by atoms with van der Waals surface area (Å²) in [7, 11) is 1.65. The van der Waals surface area contributed by atoms with E-state index in [2.05, 4.69) is 25.9 Å². The summed E-state index contributed by atoms with van der Waals surface area (Å²) in [4.78, 5) is 8.78. The zero-order valence-corrected chi connectivity index (χ0v) is 11.3. The van der Waals surface area contributed by atoms with Crippen LogP contribution >= 0.6 is 15.9 Å². The van der Waals surface area contributed by atoms with Crippen molar-refractivity contribution in [2.24, 2.45) is 0 Å². The largest absolute Gasteiger partial charge is 0.497 e. The molecular weight excluding hydrogens is 294 g/mol. The van der Waals surface area contributed by atoms with Gasteiger partial charge in [0.05, 0.1) is 12.8 Å². The van der Waals surface area contributed by atoms with Crippen LogP contribution in [0.25, 0.3) is 17.0 Å². The Morgan fingerprint density at radius 2 is 1.89 bits per heavy atom. The standard InChI is InChI=1S/C13H10BrN3O/c1-18-10-4-2-9(3-5-10)11-8-17-7-6-12(14)16-13(17)15-11/h2-8H,1H3. The summed E-state index contributed by atoms with van der Waals surface area (Å²) >= 11 is 3.34. The molecule has 0 saturated carbocycles. The highest BCUT2D eigenvalue weighted by Gasteiger charge is 2.05. The van der Waals surface area contributed by atoms with Crippen molar-refractivity contribution in [2.75, 3.05) is 7.11 Å². The first-order chi connectivity index (χ1) is 8.76. The van der Waals surface area contributed by atoms with Gasteiger partial charge in [-0.2, -0.15) is 0 Å². The summed E-state index contributed by atoms with van der Waals surface area (Å²) in [6.07, 6.45) is 3.88. The summed E-state index contributed by atoms with van der Waals surface area (Å²) in [6, 6.07) is 9.68. The number of halogens is 1. The molecule has 4 nitrogen and oxygen atoms in total. The van der Waals surface area contributed by atoms with Gasteiger partial charge in [0.1, 0.15) is 10.4 Å². The van der Waals surface area contributed by atoms with Gasteiger partial charge in [-0.15, -0.1) is 0 Å². The van der Waals surface area contributed by atoms with Gasteiger partial charge in [-0.05, 0) is 46.3 Å². The third-order valence-corrected chi connectivity index (χ3v) is 3.12. The lowest BCUT2D eigenvalue weighted by Gasteiger charge is -1.99. The minimum Gasteiger partial charge on any atom is -0.497 e. The molecule has 0 aliphatic rings. The molecule has 3 aromatic rings. The van der Waals surface area contributed by atoms with Crippen molar-refractivity contribution in [2.45, 2.75) is 0 Å². The molecular formula is C13H10BrN3O. The predicted molar refractivity (Wildman–Crippen MR) is 72.7 cm³/mol. The molecule has 0 bridgehead atoms. The Balaban J connectivity index is 2.07. The summed E-state index contributed by atoms with van der Waals surface area (Å²) < 4.78 is 7.81. The summed E-state index contributed by atoms with van der Waals surface area (Å²) in [5.41, 5.74) is 1.93. The molecule has 0 spiro atoms. The fourth-order valence-electron chi connectivity index (χ4n) is 1.75. The molecule has 2 aromatic heterocycles. The number of imidazole rings is 1. The Bertz CT molecular complexity index is 691. The molecule has 0 N–H and O–H groups in total. The van der Waals surface area contributed by atoms with E-state index in [4.69, 9.17) is 4.74 Å². The van der Waals surface area contributed by atoms with Crippen LogP contribution in [0.15, 0.2) is 47.3 Å². The van der Waals surface area contributed by atoms with Crippen molar-refractivity contribution in [3.63, 3.8) is 0 Å². The average molecular weight is 304 g/mol. The Hall–Kier alpha value is -1.88. The number of fused-ring (bicyclic) bond motifs is 1. The van der Waals surface area contributed by atoms with Crippen LogP contribution in [0.1, 0.15) is 0 Å². The molecule has 5 heteroatoms. The van der Waals surface area contributed by atoms with E-state index in [0.29, 0.717) is 5.78 Å². The molecule has 0 aliphatic carbocycles. The Kier molecular flexibility index (Phi) is 2.76. The van der Waals surface area contributed by atoms with Crippen LogP contribution in [0, 0.1) is 0 Å².